The highest BCUT2D eigenvalue weighted by atomic mass is 35.5. The fraction of sp³-hybridized carbons (Fsp3) is 0.375. The molecule has 1 unspecified atom stereocenters. The van der Waals surface area contributed by atoms with Gasteiger partial charge in [-0.25, -0.2) is 0 Å². The number of halogens is 1. The summed E-state index contributed by atoms with van der Waals surface area (Å²) in [5.41, 5.74) is 2.15. The van der Waals surface area contributed by atoms with Crippen molar-refractivity contribution in [2.24, 2.45) is 0 Å². The number of anilines is 1. The summed E-state index contributed by atoms with van der Waals surface area (Å²) in [6, 6.07) is 10.3. The first kappa shape index (κ1) is 16.1. The standard InChI is InChI=1S/C16H20ClNO2S/c1-11-4-5-13(14(10-11)20-9-8-19-3)18-12(2)15-6-7-16(17)21-15/h4-7,10,12,18H,8-9H2,1-3H3. The van der Waals surface area contributed by atoms with E-state index in [9.17, 15) is 0 Å². The highest BCUT2D eigenvalue weighted by Gasteiger charge is 2.11. The number of aryl methyl sites for hydroxylation is 1. The molecular formula is C16H20ClNO2S. The van der Waals surface area contributed by atoms with Crippen LogP contribution in [-0.4, -0.2) is 20.3 Å². The lowest BCUT2D eigenvalue weighted by Gasteiger charge is -2.18. The molecule has 0 aliphatic carbocycles. The van der Waals surface area contributed by atoms with E-state index in [4.69, 9.17) is 21.1 Å². The number of nitrogens with one attached hydrogen (secondary N) is 1. The zero-order valence-corrected chi connectivity index (χ0v) is 14.1. The van der Waals surface area contributed by atoms with Crippen LogP contribution in [0.4, 0.5) is 5.69 Å². The zero-order valence-electron chi connectivity index (χ0n) is 12.5. The summed E-state index contributed by atoms with van der Waals surface area (Å²) in [7, 11) is 1.67. The number of rotatable bonds is 7. The van der Waals surface area contributed by atoms with Gasteiger partial charge in [0.1, 0.15) is 12.4 Å². The molecule has 0 aliphatic rings. The molecule has 2 rings (SSSR count). The van der Waals surface area contributed by atoms with Crippen LogP contribution in [0.25, 0.3) is 0 Å². The second-order valence-electron chi connectivity index (χ2n) is 4.85. The van der Waals surface area contributed by atoms with E-state index in [0.29, 0.717) is 13.2 Å². The Hall–Kier alpha value is -1.23. The first-order valence-electron chi connectivity index (χ1n) is 6.84. The Kier molecular flexibility index (Phi) is 5.91. The third-order valence-electron chi connectivity index (χ3n) is 3.07. The smallest absolute Gasteiger partial charge is 0.142 e. The number of ether oxygens (including phenoxy) is 2. The Balaban J connectivity index is 2.10. The average Bonchev–Trinajstić information content (AvgIpc) is 2.88. The summed E-state index contributed by atoms with van der Waals surface area (Å²) >= 11 is 7.58. The summed E-state index contributed by atoms with van der Waals surface area (Å²) in [5, 5.41) is 3.48. The van der Waals surface area contributed by atoms with Gasteiger partial charge in [-0.3, -0.25) is 0 Å². The van der Waals surface area contributed by atoms with Crippen molar-refractivity contribution >= 4 is 28.6 Å². The molecule has 0 spiro atoms. The minimum atomic E-state index is 0.176. The Bertz CT molecular complexity index is 585. The van der Waals surface area contributed by atoms with Crippen molar-refractivity contribution in [1.82, 2.24) is 0 Å². The van der Waals surface area contributed by atoms with Crippen LogP contribution in [0.3, 0.4) is 0 Å². The lowest BCUT2D eigenvalue weighted by molar-refractivity contribution is 0.146. The van der Waals surface area contributed by atoms with Crippen LogP contribution in [0, 0.1) is 6.92 Å². The largest absolute Gasteiger partial charge is 0.489 e. The van der Waals surface area contributed by atoms with Gasteiger partial charge >= 0.3 is 0 Å². The lowest BCUT2D eigenvalue weighted by Crippen LogP contribution is -2.09. The summed E-state index contributed by atoms with van der Waals surface area (Å²) in [5.74, 6) is 0.849. The van der Waals surface area contributed by atoms with Crippen LogP contribution in [0.15, 0.2) is 30.3 Å². The fourth-order valence-electron chi connectivity index (χ4n) is 1.97. The lowest BCUT2D eigenvalue weighted by atomic mass is 10.2. The van der Waals surface area contributed by atoms with Crippen LogP contribution in [0.5, 0.6) is 5.75 Å². The molecule has 0 radical (unpaired) electrons. The normalized spacial score (nSPS) is 12.2. The first-order valence-corrected chi connectivity index (χ1v) is 8.03. The van der Waals surface area contributed by atoms with Gasteiger partial charge in [-0.05, 0) is 43.7 Å². The van der Waals surface area contributed by atoms with Gasteiger partial charge in [-0.1, -0.05) is 17.7 Å². The third kappa shape index (κ3) is 4.63. The average molecular weight is 326 g/mol. The number of hydrogen-bond donors (Lipinski definition) is 1. The number of methoxy groups -OCH3 is 1. The summed E-state index contributed by atoms with van der Waals surface area (Å²) in [4.78, 5) is 1.20. The Morgan fingerprint density at radius 2 is 2.05 bits per heavy atom. The molecule has 0 fully saturated rings. The maximum Gasteiger partial charge on any atom is 0.142 e. The number of benzene rings is 1. The molecule has 1 aromatic heterocycles. The summed E-state index contributed by atoms with van der Waals surface area (Å²) < 4.78 is 11.6. The minimum Gasteiger partial charge on any atom is -0.489 e. The van der Waals surface area contributed by atoms with Crippen LogP contribution in [-0.2, 0) is 4.74 Å². The van der Waals surface area contributed by atoms with Gasteiger partial charge < -0.3 is 14.8 Å². The van der Waals surface area contributed by atoms with Crippen molar-refractivity contribution in [2.75, 3.05) is 25.6 Å². The van der Waals surface area contributed by atoms with E-state index in [1.165, 1.54) is 10.4 Å². The van der Waals surface area contributed by atoms with Crippen molar-refractivity contribution in [1.29, 1.82) is 0 Å². The topological polar surface area (TPSA) is 30.5 Å². The van der Waals surface area contributed by atoms with Gasteiger partial charge in [0.05, 0.1) is 22.7 Å². The first-order chi connectivity index (χ1) is 10.1. The van der Waals surface area contributed by atoms with E-state index in [0.717, 1.165) is 15.8 Å². The molecule has 0 saturated carbocycles. The Morgan fingerprint density at radius 1 is 1.24 bits per heavy atom. The Labute approximate surface area is 134 Å². The quantitative estimate of drug-likeness (QED) is 0.734. The van der Waals surface area contributed by atoms with Gasteiger partial charge in [-0.15, -0.1) is 11.3 Å². The maximum atomic E-state index is 6.00. The Morgan fingerprint density at radius 3 is 2.71 bits per heavy atom. The molecule has 1 aromatic carbocycles. The summed E-state index contributed by atoms with van der Waals surface area (Å²) in [6.07, 6.45) is 0. The highest BCUT2D eigenvalue weighted by Crippen LogP contribution is 2.32. The molecular weight excluding hydrogens is 306 g/mol. The van der Waals surface area contributed by atoms with Gasteiger partial charge in [0, 0.05) is 12.0 Å². The predicted molar refractivity (Wildman–Crippen MR) is 89.9 cm³/mol. The molecule has 1 atom stereocenters. The van der Waals surface area contributed by atoms with Gasteiger partial charge in [-0.2, -0.15) is 0 Å². The molecule has 1 N–H and O–H groups in total. The van der Waals surface area contributed by atoms with Crippen molar-refractivity contribution in [3.05, 3.63) is 45.1 Å². The number of thiophene rings is 1. The molecule has 5 heteroatoms. The molecule has 0 aliphatic heterocycles. The third-order valence-corrected chi connectivity index (χ3v) is 4.49. The van der Waals surface area contributed by atoms with E-state index in [2.05, 4.69) is 25.2 Å². The van der Waals surface area contributed by atoms with E-state index in [1.807, 2.05) is 24.3 Å². The molecule has 0 amide bonds. The number of hydrogen-bond acceptors (Lipinski definition) is 4. The SMILES string of the molecule is COCCOc1cc(C)ccc1NC(C)c1ccc(Cl)s1. The van der Waals surface area contributed by atoms with E-state index >= 15 is 0 Å². The second kappa shape index (κ2) is 7.69. The van der Waals surface area contributed by atoms with E-state index < -0.39 is 0 Å². The minimum absolute atomic E-state index is 0.176. The van der Waals surface area contributed by atoms with Gasteiger partial charge in [0.2, 0.25) is 0 Å². The fourth-order valence-corrected chi connectivity index (χ4v) is 3.03. The second-order valence-corrected chi connectivity index (χ2v) is 6.60. The van der Waals surface area contributed by atoms with E-state index in [-0.39, 0.29) is 6.04 Å². The highest BCUT2D eigenvalue weighted by molar-refractivity contribution is 7.16. The van der Waals surface area contributed by atoms with Crippen molar-refractivity contribution < 1.29 is 9.47 Å². The van der Waals surface area contributed by atoms with Crippen molar-refractivity contribution in [3.8, 4) is 5.75 Å². The summed E-state index contributed by atoms with van der Waals surface area (Å²) in [6.45, 7) is 5.27. The monoisotopic (exact) mass is 325 g/mol. The maximum absolute atomic E-state index is 6.00. The predicted octanol–water partition coefficient (Wildman–Crippen LogP) is 4.91. The molecule has 114 valence electrons. The molecule has 1 heterocycles. The van der Waals surface area contributed by atoms with Crippen molar-refractivity contribution in [2.45, 2.75) is 19.9 Å². The van der Waals surface area contributed by atoms with E-state index in [1.54, 1.807) is 18.4 Å². The molecule has 0 bridgehead atoms. The van der Waals surface area contributed by atoms with Crippen molar-refractivity contribution in [3.63, 3.8) is 0 Å². The van der Waals surface area contributed by atoms with Crippen LogP contribution in [0.1, 0.15) is 23.4 Å². The van der Waals surface area contributed by atoms with Gasteiger partial charge in [0.25, 0.3) is 0 Å². The molecule has 0 saturated heterocycles. The molecule has 2 aromatic rings. The van der Waals surface area contributed by atoms with Gasteiger partial charge in [0.15, 0.2) is 0 Å². The van der Waals surface area contributed by atoms with Crippen LogP contribution >= 0.6 is 22.9 Å². The molecule has 21 heavy (non-hydrogen) atoms. The van der Waals surface area contributed by atoms with Crippen LogP contribution in [0.2, 0.25) is 4.34 Å². The zero-order chi connectivity index (χ0) is 15.2. The van der Waals surface area contributed by atoms with Crippen LogP contribution < -0.4 is 10.1 Å². The molecule has 3 nitrogen and oxygen atoms in total.